The van der Waals surface area contributed by atoms with Gasteiger partial charge >= 0.3 is 0 Å². The van der Waals surface area contributed by atoms with Crippen molar-refractivity contribution in [1.82, 2.24) is 19.5 Å². The Labute approximate surface area is 218 Å². The van der Waals surface area contributed by atoms with E-state index in [1.54, 1.807) is 36.3 Å². The molecule has 4 aromatic rings. The topological polar surface area (TPSA) is 86.1 Å². The van der Waals surface area contributed by atoms with Crippen LogP contribution in [0.3, 0.4) is 0 Å². The highest BCUT2D eigenvalue weighted by Gasteiger charge is 2.33. The van der Waals surface area contributed by atoms with E-state index in [1.807, 2.05) is 18.2 Å². The van der Waals surface area contributed by atoms with Crippen molar-refractivity contribution in [1.29, 1.82) is 0 Å². The molecule has 1 saturated carbocycles. The first-order valence-electron chi connectivity index (χ1n) is 12.2. The Morgan fingerprint density at radius 2 is 1.97 bits per heavy atom. The number of fused-ring (bicyclic) bond motifs is 1. The van der Waals surface area contributed by atoms with E-state index in [1.165, 1.54) is 25.0 Å². The van der Waals surface area contributed by atoms with Gasteiger partial charge in [-0.15, -0.1) is 0 Å². The minimum atomic E-state index is -0.404. The Morgan fingerprint density at radius 3 is 2.68 bits per heavy atom. The average molecular weight is 521 g/mol. The maximum atomic E-state index is 13.6. The molecule has 1 fully saturated rings. The lowest BCUT2D eigenvalue weighted by Crippen LogP contribution is -2.20. The maximum absolute atomic E-state index is 13.6. The molecule has 0 amide bonds. The lowest BCUT2D eigenvalue weighted by Gasteiger charge is -2.18. The number of benzene rings is 2. The van der Waals surface area contributed by atoms with Gasteiger partial charge in [-0.1, -0.05) is 23.7 Å². The van der Waals surface area contributed by atoms with E-state index in [-0.39, 0.29) is 11.9 Å². The second kappa shape index (κ2) is 9.64. The van der Waals surface area contributed by atoms with E-state index in [9.17, 15) is 4.39 Å². The summed E-state index contributed by atoms with van der Waals surface area (Å²) in [5, 5.41) is 7.31. The third kappa shape index (κ3) is 4.84. The number of halogens is 2. The number of nitrogens with zero attached hydrogens (tertiary/aromatic N) is 4. The Bertz CT molecular complexity index is 1440. The van der Waals surface area contributed by atoms with Crippen LogP contribution in [0.5, 0.6) is 5.75 Å². The molecular weight excluding hydrogens is 495 g/mol. The van der Waals surface area contributed by atoms with Crippen LogP contribution in [0.2, 0.25) is 5.15 Å². The van der Waals surface area contributed by atoms with Gasteiger partial charge in [0, 0.05) is 29.6 Å². The summed E-state index contributed by atoms with van der Waals surface area (Å²) >= 11 is 5.99. The summed E-state index contributed by atoms with van der Waals surface area (Å²) in [4.78, 5) is 13.7. The van der Waals surface area contributed by atoms with Crippen LogP contribution >= 0.6 is 11.6 Å². The van der Waals surface area contributed by atoms with Gasteiger partial charge in [0.05, 0.1) is 25.1 Å². The van der Waals surface area contributed by atoms with Gasteiger partial charge in [-0.2, -0.15) is 4.98 Å². The third-order valence-corrected chi connectivity index (χ3v) is 7.01. The molecule has 6 rings (SSSR count). The minimum Gasteiger partial charge on any atom is -0.494 e. The van der Waals surface area contributed by atoms with Gasteiger partial charge < -0.3 is 24.7 Å². The highest BCUT2D eigenvalue weighted by molar-refractivity contribution is 6.29. The normalized spacial score (nSPS) is 17.4. The number of aromatic nitrogens is 4. The van der Waals surface area contributed by atoms with Crippen molar-refractivity contribution in [3.63, 3.8) is 0 Å². The van der Waals surface area contributed by atoms with Crippen LogP contribution < -0.4 is 15.4 Å². The van der Waals surface area contributed by atoms with E-state index >= 15 is 0 Å². The second-order valence-electron chi connectivity index (χ2n) is 9.39. The van der Waals surface area contributed by atoms with Gasteiger partial charge in [-0.3, -0.25) is 0 Å². The van der Waals surface area contributed by atoms with Crippen LogP contribution in [0.1, 0.15) is 42.7 Å². The number of ether oxygens (including phenoxy) is 2. The zero-order valence-corrected chi connectivity index (χ0v) is 21.2. The molecule has 1 aliphatic carbocycles. The molecular formula is C27H26ClFN6O2. The number of nitrogens with one attached hydrogen (secondary N) is 2. The third-order valence-electron chi connectivity index (χ3n) is 6.81. The Kier molecular flexibility index (Phi) is 6.18. The lowest BCUT2D eigenvalue weighted by molar-refractivity contribution is 0.0924. The average Bonchev–Trinajstić information content (AvgIpc) is 3.53. The smallest absolute Gasteiger partial charge is 0.229 e. The molecule has 0 spiro atoms. The van der Waals surface area contributed by atoms with E-state index < -0.39 is 6.10 Å². The lowest BCUT2D eigenvalue weighted by atomic mass is 10.0. The molecule has 37 heavy (non-hydrogen) atoms. The standard InChI is InChI=1S/C27H26ClFN6O2/c1-15(16-3-4-16)31-26-20-13-37-25(17-5-7-18(29)8-6-17)24(20)33-27(34-26)32-19-9-10-21(22(11-19)36-2)35-12-23(28)30-14-35/h5-12,14-16,25H,3-4,13H2,1-2H3,(H2,31,32,33,34). The van der Waals surface area contributed by atoms with Gasteiger partial charge in [0.25, 0.3) is 0 Å². The van der Waals surface area contributed by atoms with Crippen LogP contribution in [0.25, 0.3) is 5.69 Å². The molecule has 8 nitrogen and oxygen atoms in total. The number of methoxy groups -OCH3 is 1. The molecule has 2 aliphatic rings. The summed E-state index contributed by atoms with van der Waals surface area (Å²) in [6, 6.07) is 12.3. The molecule has 2 aromatic heterocycles. The van der Waals surface area contributed by atoms with Gasteiger partial charge in [0.1, 0.15) is 35.0 Å². The molecule has 10 heteroatoms. The molecule has 2 aromatic carbocycles. The molecule has 1 aliphatic heterocycles. The minimum absolute atomic E-state index is 0.289. The van der Waals surface area contributed by atoms with Gasteiger partial charge in [-0.05, 0) is 55.5 Å². The molecule has 0 saturated heterocycles. The molecule has 2 N–H and O–H groups in total. The van der Waals surface area contributed by atoms with Crippen molar-refractivity contribution in [2.24, 2.45) is 5.92 Å². The number of hydrogen-bond acceptors (Lipinski definition) is 7. The summed E-state index contributed by atoms with van der Waals surface area (Å²) in [6.45, 7) is 2.56. The highest BCUT2D eigenvalue weighted by atomic mass is 35.5. The molecule has 3 heterocycles. The van der Waals surface area contributed by atoms with E-state index in [0.717, 1.165) is 34.0 Å². The van der Waals surface area contributed by atoms with Crippen molar-refractivity contribution >= 4 is 29.1 Å². The molecule has 0 bridgehead atoms. The fraction of sp³-hybridized carbons (Fsp3) is 0.296. The van der Waals surface area contributed by atoms with Crippen molar-refractivity contribution in [3.05, 3.63) is 82.8 Å². The van der Waals surface area contributed by atoms with Gasteiger partial charge in [0.15, 0.2) is 0 Å². The predicted molar refractivity (Wildman–Crippen MR) is 139 cm³/mol. The number of hydrogen-bond donors (Lipinski definition) is 2. The predicted octanol–water partition coefficient (Wildman–Crippen LogP) is 6.04. The van der Waals surface area contributed by atoms with Crippen molar-refractivity contribution < 1.29 is 13.9 Å². The zero-order valence-electron chi connectivity index (χ0n) is 20.4. The Balaban J connectivity index is 1.35. The monoisotopic (exact) mass is 520 g/mol. The Hall–Kier alpha value is -3.69. The van der Waals surface area contributed by atoms with Crippen LogP contribution in [-0.2, 0) is 11.3 Å². The number of imidazole rings is 1. The fourth-order valence-corrected chi connectivity index (χ4v) is 4.78. The van der Waals surface area contributed by atoms with Gasteiger partial charge in [-0.25, -0.2) is 14.4 Å². The van der Waals surface area contributed by atoms with E-state index in [0.29, 0.717) is 29.4 Å². The maximum Gasteiger partial charge on any atom is 0.229 e. The number of anilines is 3. The van der Waals surface area contributed by atoms with E-state index in [4.69, 9.17) is 31.0 Å². The van der Waals surface area contributed by atoms with Crippen LogP contribution in [-0.4, -0.2) is 32.7 Å². The van der Waals surface area contributed by atoms with Crippen molar-refractivity contribution in [2.75, 3.05) is 17.7 Å². The Morgan fingerprint density at radius 1 is 1.16 bits per heavy atom. The summed E-state index contributed by atoms with van der Waals surface area (Å²) in [7, 11) is 1.61. The van der Waals surface area contributed by atoms with Crippen LogP contribution in [0.15, 0.2) is 55.0 Å². The molecule has 2 unspecified atom stereocenters. The van der Waals surface area contributed by atoms with E-state index in [2.05, 4.69) is 22.5 Å². The van der Waals surface area contributed by atoms with Crippen molar-refractivity contribution in [2.45, 2.75) is 38.5 Å². The highest BCUT2D eigenvalue weighted by Crippen LogP contribution is 2.40. The summed E-state index contributed by atoms with van der Waals surface area (Å²) in [5.41, 5.74) is 4.09. The first kappa shape index (κ1) is 23.7. The summed E-state index contributed by atoms with van der Waals surface area (Å²) in [5.74, 6) is 2.18. The SMILES string of the molecule is COc1cc(Nc2nc(NC(C)C3CC3)c3c(n2)C(c2ccc(F)cc2)OC3)ccc1-n1cnc(Cl)c1. The largest absolute Gasteiger partial charge is 0.494 e. The quantitative estimate of drug-likeness (QED) is 0.293. The summed E-state index contributed by atoms with van der Waals surface area (Å²) in [6.07, 6.45) is 5.38. The van der Waals surface area contributed by atoms with Gasteiger partial charge in [0.2, 0.25) is 5.95 Å². The second-order valence-corrected chi connectivity index (χ2v) is 9.78. The summed E-state index contributed by atoms with van der Waals surface area (Å²) < 4.78 is 27.1. The zero-order chi connectivity index (χ0) is 25.5. The molecule has 190 valence electrons. The first-order chi connectivity index (χ1) is 18.0. The number of rotatable bonds is 8. The molecule has 0 radical (unpaired) electrons. The fourth-order valence-electron chi connectivity index (χ4n) is 4.63. The van der Waals surface area contributed by atoms with Crippen LogP contribution in [0, 0.1) is 11.7 Å². The molecule has 2 atom stereocenters. The first-order valence-corrected chi connectivity index (χ1v) is 12.6. The van der Waals surface area contributed by atoms with Crippen LogP contribution in [0.4, 0.5) is 21.8 Å². The van der Waals surface area contributed by atoms with Crippen molar-refractivity contribution in [3.8, 4) is 11.4 Å².